The third-order valence-corrected chi connectivity index (χ3v) is 5.54. The first kappa shape index (κ1) is 14.7. The Kier molecular flexibility index (Phi) is 4.71. The van der Waals surface area contributed by atoms with Gasteiger partial charge in [-0.15, -0.1) is 11.3 Å². The summed E-state index contributed by atoms with van der Waals surface area (Å²) in [5.74, 6) is 0.513. The van der Waals surface area contributed by atoms with Gasteiger partial charge in [0, 0.05) is 22.7 Å². The number of aromatic nitrogens is 1. The zero-order valence-corrected chi connectivity index (χ0v) is 13.7. The van der Waals surface area contributed by atoms with Crippen molar-refractivity contribution in [2.24, 2.45) is 0 Å². The molecule has 2 aromatic heterocycles. The molecule has 2 unspecified atom stereocenters. The van der Waals surface area contributed by atoms with E-state index in [1.54, 1.807) is 0 Å². The van der Waals surface area contributed by atoms with Gasteiger partial charge in [0.1, 0.15) is 0 Å². The smallest absolute Gasteiger partial charge is 0.0502 e. The summed E-state index contributed by atoms with van der Waals surface area (Å²) in [6, 6.07) is 6.99. The number of aryl methyl sites for hydroxylation is 2. The van der Waals surface area contributed by atoms with Crippen molar-refractivity contribution in [3.05, 3.63) is 51.5 Å². The maximum atomic E-state index is 4.73. The molecule has 2 heterocycles. The molecular formula is C18H24N2S. The molecule has 21 heavy (non-hydrogen) atoms. The summed E-state index contributed by atoms with van der Waals surface area (Å²) in [6.45, 7) is 5.54. The van der Waals surface area contributed by atoms with Gasteiger partial charge < -0.3 is 5.32 Å². The minimum absolute atomic E-state index is 0.416. The molecule has 0 amide bonds. The van der Waals surface area contributed by atoms with Crippen LogP contribution in [0.4, 0.5) is 0 Å². The van der Waals surface area contributed by atoms with Crippen LogP contribution in [0.15, 0.2) is 29.8 Å². The molecule has 0 fully saturated rings. The van der Waals surface area contributed by atoms with Gasteiger partial charge in [0.25, 0.3) is 0 Å². The lowest BCUT2D eigenvalue weighted by atomic mass is 9.81. The number of nitrogens with one attached hydrogen (secondary N) is 1. The topological polar surface area (TPSA) is 24.9 Å². The molecule has 1 aliphatic carbocycles. The second-order valence-corrected chi connectivity index (χ2v) is 6.89. The van der Waals surface area contributed by atoms with Crippen molar-refractivity contribution in [2.45, 2.75) is 51.5 Å². The van der Waals surface area contributed by atoms with Crippen LogP contribution in [-0.4, -0.2) is 11.5 Å². The van der Waals surface area contributed by atoms with Crippen LogP contribution < -0.4 is 5.32 Å². The van der Waals surface area contributed by atoms with E-state index in [4.69, 9.17) is 4.98 Å². The Hall–Kier alpha value is -1.19. The maximum Gasteiger partial charge on any atom is 0.0502 e. The highest BCUT2D eigenvalue weighted by Gasteiger charge is 2.31. The summed E-state index contributed by atoms with van der Waals surface area (Å²) in [5, 5.41) is 6.01. The Morgan fingerprint density at radius 3 is 3.10 bits per heavy atom. The van der Waals surface area contributed by atoms with E-state index in [2.05, 4.69) is 42.7 Å². The van der Waals surface area contributed by atoms with E-state index >= 15 is 0 Å². The van der Waals surface area contributed by atoms with Gasteiger partial charge in [-0.1, -0.05) is 13.0 Å². The van der Waals surface area contributed by atoms with Crippen molar-refractivity contribution in [1.82, 2.24) is 10.3 Å². The van der Waals surface area contributed by atoms with Gasteiger partial charge in [0.2, 0.25) is 0 Å². The van der Waals surface area contributed by atoms with Gasteiger partial charge in [-0.05, 0) is 67.8 Å². The second-order valence-electron chi connectivity index (χ2n) is 5.95. The Morgan fingerprint density at radius 1 is 1.43 bits per heavy atom. The fraction of sp³-hybridized carbons (Fsp3) is 0.500. The number of hydrogen-bond donors (Lipinski definition) is 1. The van der Waals surface area contributed by atoms with Crippen LogP contribution in [0.1, 0.15) is 59.8 Å². The van der Waals surface area contributed by atoms with Gasteiger partial charge >= 0.3 is 0 Å². The van der Waals surface area contributed by atoms with Crippen molar-refractivity contribution in [3.8, 4) is 0 Å². The summed E-state index contributed by atoms with van der Waals surface area (Å²) in [4.78, 5) is 6.23. The van der Waals surface area contributed by atoms with E-state index in [0.717, 1.165) is 6.54 Å². The van der Waals surface area contributed by atoms with Crippen molar-refractivity contribution >= 4 is 11.3 Å². The van der Waals surface area contributed by atoms with Crippen molar-refractivity contribution in [1.29, 1.82) is 0 Å². The highest BCUT2D eigenvalue weighted by atomic mass is 32.1. The molecule has 0 bridgehead atoms. The standard InChI is InChI=1S/C18H24N2S/c1-3-10-19-17(18-13(2)9-12-21-18)15-8-4-6-14-7-5-11-20-16(14)15/h5,7,9,11-12,15,17,19H,3-4,6,8,10H2,1-2H3. The van der Waals surface area contributed by atoms with Crippen LogP contribution in [0.3, 0.4) is 0 Å². The van der Waals surface area contributed by atoms with Crippen molar-refractivity contribution in [2.75, 3.05) is 6.54 Å². The number of nitrogens with zero attached hydrogens (tertiary/aromatic N) is 1. The average molecular weight is 300 g/mol. The lowest BCUT2D eigenvalue weighted by Gasteiger charge is -2.32. The summed E-state index contributed by atoms with van der Waals surface area (Å²) >= 11 is 1.89. The van der Waals surface area contributed by atoms with Gasteiger partial charge in [-0.2, -0.15) is 0 Å². The van der Waals surface area contributed by atoms with Crippen LogP contribution in [0.2, 0.25) is 0 Å². The molecule has 0 saturated heterocycles. The quantitative estimate of drug-likeness (QED) is 0.872. The molecule has 112 valence electrons. The van der Waals surface area contributed by atoms with Gasteiger partial charge in [-0.25, -0.2) is 0 Å². The second kappa shape index (κ2) is 6.71. The van der Waals surface area contributed by atoms with E-state index < -0.39 is 0 Å². The minimum Gasteiger partial charge on any atom is -0.309 e. The van der Waals surface area contributed by atoms with Gasteiger partial charge in [0.15, 0.2) is 0 Å². The van der Waals surface area contributed by atoms with Crippen LogP contribution >= 0.6 is 11.3 Å². The van der Waals surface area contributed by atoms with Crippen LogP contribution in [0, 0.1) is 6.92 Å². The lowest BCUT2D eigenvalue weighted by Crippen LogP contribution is -2.30. The number of fused-ring (bicyclic) bond motifs is 1. The van der Waals surface area contributed by atoms with Crippen LogP contribution in [0.5, 0.6) is 0 Å². The van der Waals surface area contributed by atoms with E-state index in [-0.39, 0.29) is 0 Å². The summed E-state index contributed by atoms with van der Waals surface area (Å²) in [7, 11) is 0. The predicted molar refractivity (Wildman–Crippen MR) is 90.0 cm³/mol. The molecule has 0 aliphatic heterocycles. The van der Waals surface area contributed by atoms with E-state index in [0.29, 0.717) is 12.0 Å². The molecule has 0 radical (unpaired) electrons. The molecular weight excluding hydrogens is 276 g/mol. The van der Waals surface area contributed by atoms with Gasteiger partial charge in [0.05, 0.1) is 6.04 Å². The highest BCUT2D eigenvalue weighted by molar-refractivity contribution is 7.10. The first-order chi connectivity index (χ1) is 10.3. The number of rotatable bonds is 5. The van der Waals surface area contributed by atoms with Crippen molar-refractivity contribution in [3.63, 3.8) is 0 Å². The van der Waals surface area contributed by atoms with E-state index in [1.807, 2.05) is 17.5 Å². The van der Waals surface area contributed by atoms with Crippen LogP contribution in [0.25, 0.3) is 0 Å². The normalized spacial score (nSPS) is 19.2. The molecule has 1 aliphatic rings. The Morgan fingerprint density at radius 2 is 2.33 bits per heavy atom. The Labute approximate surface area is 131 Å². The first-order valence-corrected chi connectivity index (χ1v) is 8.90. The van der Waals surface area contributed by atoms with E-state index in [9.17, 15) is 0 Å². The highest BCUT2D eigenvalue weighted by Crippen LogP contribution is 2.41. The third-order valence-electron chi connectivity index (χ3n) is 4.44. The van der Waals surface area contributed by atoms with Crippen LogP contribution in [-0.2, 0) is 6.42 Å². The molecule has 2 atom stereocenters. The lowest BCUT2D eigenvalue weighted by molar-refractivity contribution is 0.397. The molecule has 0 aromatic carbocycles. The monoisotopic (exact) mass is 300 g/mol. The Balaban J connectivity index is 1.96. The molecule has 0 spiro atoms. The average Bonchev–Trinajstić information content (AvgIpc) is 2.94. The van der Waals surface area contributed by atoms with E-state index in [1.165, 1.54) is 47.4 Å². The summed E-state index contributed by atoms with van der Waals surface area (Å²) < 4.78 is 0. The Bertz CT molecular complexity index is 590. The summed E-state index contributed by atoms with van der Waals surface area (Å²) in [5.41, 5.74) is 4.19. The number of hydrogen-bond acceptors (Lipinski definition) is 3. The first-order valence-electron chi connectivity index (χ1n) is 8.02. The number of thiophene rings is 1. The maximum absolute atomic E-state index is 4.73. The largest absolute Gasteiger partial charge is 0.309 e. The number of pyridine rings is 1. The fourth-order valence-corrected chi connectivity index (χ4v) is 4.46. The zero-order valence-electron chi connectivity index (χ0n) is 12.9. The SMILES string of the molecule is CCCNC(c1sccc1C)C1CCCc2cccnc21. The summed E-state index contributed by atoms with van der Waals surface area (Å²) in [6.07, 6.45) is 6.82. The molecule has 2 aromatic rings. The van der Waals surface area contributed by atoms with Gasteiger partial charge in [-0.3, -0.25) is 4.98 Å². The predicted octanol–water partition coefficient (Wildman–Crippen LogP) is 4.61. The minimum atomic E-state index is 0.416. The van der Waals surface area contributed by atoms with Crippen molar-refractivity contribution < 1.29 is 0 Å². The fourth-order valence-electron chi connectivity index (χ4n) is 3.39. The zero-order chi connectivity index (χ0) is 14.7. The third kappa shape index (κ3) is 3.04. The molecule has 0 saturated carbocycles. The molecule has 3 rings (SSSR count). The molecule has 2 nitrogen and oxygen atoms in total. The molecule has 1 N–H and O–H groups in total. The molecule has 3 heteroatoms.